The number of nitrogens with one attached hydrogen (secondary N) is 1. The van der Waals surface area contributed by atoms with Crippen molar-refractivity contribution in [2.24, 2.45) is 5.92 Å². The van der Waals surface area contributed by atoms with Gasteiger partial charge in [0.2, 0.25) is 10.0 Å². The van der Waals surface area contributed by atoms with Crippen LogP contribution in [0.25, 0.3) is 0 Å². The molecule has 1 fully saturated rings. The topological polar surface area (TPSA) is 95.3 Å². The summed E-state index contributed by atoms with van der Waals surface area (Å²) in [7, 11) is -0.221. The van der Waals surface area contributed by atoms with Gasteiger partial charge in [0.25, 0.3) is 0 Å². The van der Waals surface area contributed by atoms with Gasteiger partial charge in [0, 0.05) is 26.2 Å². The zero-order chi connectivity index (χ0) is 15.5. The van der Waals surface area contributed by atoms with E-state index in [9.17, 15) is 8.42 Å². The molecule has 8 heteroatoms. The second-order valence-corrected chi connectivity index (χ2v) is 7.38. The lowest BCUT2D eigenvalue weighted by Crippen LogP contribution is -2.36. The molecule has 0 bridgehead atoms. The number of nitriles is 1. The molecule has 2 atom stereocenters. The number of aromatic nitrogens is 1. The predicted molar refractivity (Wildman–Crippen MR) is 78.1 cm³/mol. The van der Waals surface area contributed by atoms with Crippen LogP contribution in [0.1, 0.15) is 5.56 Å². The van der Waals surface area contributed by atoms with E-state index in [2.05, 4.69) is 10.3 Å². The van der Waals surface area contributed by atoms with Gasteiger partial charge >= 0.3 is 0 Å². The lowest BCUT2D eigenvalue weighted by molar-refractivity contribution is 0.187. The van der Waals surface area contributed by atoms with E-state index >= 15 is 0 Å². The van der Waals surface area contributed by atoms with Crippen LogP contribution in [0.15, 0.2) is 18.3 Å². The Morgan fingerprint density at radius 1 is 1.48 bits per heavy atom. The normalized spacial score (nSPS) is 22.2. The van der Waals surface area contributed by atoms with Crippen LogP contribution in [-0.2, 0) is 14.8 Å². The van der Waals surface area contributed by atoms with Gasteiger partial charge in [-0.25, -0.2) is 17.7 Å². The van der Waals surface area contributed by atoms with Crippen LogP contribution in [0.3, 0.4) is 0 Å². The van der Waals surface area contributed by atoms with Gasteiger partial charge in [-0.2, -0.15) is 5.26 Å². The van der Waals surface area contributed by atoms with Crippen molar-refractivity contribution in [1.29, 1.82) is 5.26 Å². The van der Waals surface area contributed by atoms with Crippen molar-refractivity contribution in [3.63, 3.8) is 0 Å². The third-order valence-electron chi connectivity index (χ3n) is 3.41. The summed E-state index contributed by atoms with van der Waals surface area (Å²) in [6.45, 7) is 0.844. The molecule has 21 heavy (non-hydrogen) atoms. The zero-order valence-electron chi connectivity index (χ0n) is 12.0. The van der Waals surface area contributed by atoms with E-state index in [1.807, 2.05) is 6.07 Å². The minimum absolute atomic E-state index is 0.0357. The smallest absolute Gasteiger partial charge is 0.214 e. The molecular weight excluding hydrogens is 292 g/mol. The first kappa shape index (κ1) is 15.7. The summed E-state index contributed by atoms with van der Waals surface area (Å²) in [6.07, 6.45) is 1.48. The van der Waals surface area contributed by atoms with E-state index in [0.29, 0.717) is 24.6 Å². The van der Waals surface area contributed by atoms with Gasteiger partial charge in [-0.15, -0.1) is 0 Å². The predicted octanol–water partition coefficient (Wildman–Crippen LogP) is 0.272. The summed E-state index contributed by atoms with van der Waals surface area (Å²) < 4.78 is 30.5. The van der Waals surface area contributed by atoms with Gasteiger partial charge in [0.1, 0.15) is 11.9 Å². The number of ether oxygens (including phenoxy) is 1. The second kappa shape index (κ2) is 6.39. The molecule has 1 saturated heterocycles. The molecule has 0 aromatic carbocycles. The van der Waals surface area contributed by atoms with E-state index in [-0.39, 0.29) is 17.7 Å². The number of pyridine rings is 1. The number of anilines is 1. The Labute approximate surface area is 124 Å². The van der Waals surface area contributed by atoms with Crippen molar-refractivity contribution in [2.75, 3.05) is 38.4 Å². The molecule has 0 unspecified atom stereocenters. The first-order chi connectivity index (χ1) is 9.92. The summed E-state index contributed by atoms with van der Waals surface area (Å²) in [5, 5.41) is 11.9. The molecule has 1 aromatic heterocycles. The molecule has 1 aromatic rings. The highest BCUT2D eigenvalue weighted by Gasteiger charge is 2.33. The van der Waals surface area contributed by atoms with Crippen molar-refractivity contribution in [1.82, 2.24) is 9.29 Å². The molecule has 0 radical (unpaired) electrons. The number of nitrogens with zero attached hydrogens (tertiary/aromatic N) is 3. The highest BCUT2D eigenvalue weighted by Crippen LogP contribution is 2.20. The third kappa shape index (κ3) is 3.91. The fraction of sp³-hybridized carbons (Fsp3) is 0.538. The Hall–Kier alpha value is -1.69. The summed E-state index contributed by atoms with van der Waals surface area (Å²) in [4.78, 5) is 4.13. The van der Waals surface area contributed by atoms with Gasteiger partial charge in [0.05, 0.1) is 30.6 Å². The standard InChI is InChI=1S/C13H18N4O3S/c1-17(2)21(18,19)9-11-7-20-8-12(11)16-13-4-3-10(5-14)6-15-13/h3-4,6,11-12H,7-9H2,1-2H3,(H,15,16)/t11-,12-/m0/s1. The van der Waals surface area contributed by atoms with Gasteiger partial charge < -0.3 is 10.1 Å². The molecule has 0 spiro atoms. The van der Waals surface area contributed by atoms with Crippen molar-refractivity contribution >= 4 is 15.8 Å². The van der Waals surface area contributed by atoms with Crippen LogP contribution in [0.2, 0.25) is 0 Å². The van der Waals surface area contributed by atoms with Crippen LogP contribution in [0.5, 0.6) is 0 Å². The molecular formula is C13H18N4O3S. The molecule has 2 heterocycles. The second-order valence-electron chi connectivity index (χ2n) is 5.15. The lowest BCUT2D eigenvalue weighted by atomic mass is 10.1. The van der Waals surface area contributed by atoms with E-state index in [1.54, 1.807) is 12.1 Å². The molecule has 0 saturated carbocycles. The molecule has 2 rings (SSSR count). The highest BCUT2D eigenvalue weighted by atomic mass is 32.2. The Bertz CT molecular complexity index is 622. The number of hydrogen-bond donors (Lipinski definition) is 1. The molecule has 1 aliphatic heterocycles. The summed E-state index contributed by atoms with van der Waals surface area (Å²) >= 11 is 0. The molecule has 7 nitrogen and oxygen atoms in total. The Morgan fingerprint density at radius 3 is 2.81 bits per heavy atom. The maximum Gasteiger partial charge on any atom is 0.214 e. The van der Waals surface area contributed by atoms with E-state index in [0.717, 1.165) is 0 Å². The fourth-order valence-corrected chi connectivity index (χ4v) is 3.25. The largest absolute Gasteiger partial charge is 0.379 e. The highest BCUT2D eigenvalue weighted by molar-refractivity contribution is 7.89. The van der Waals surface area contributed by atoms with Crippen molar-refractivity contribution in [3.8, 4) is 6.07 Å². The average molecular weight is 310 g/mol. The molecule has 0 amide bonds. The van der Waals surface area contributed by atoms with Crippen LogP contribution >= 0.6 is 0 Å². The first-order valence-corrected chi connectivity index (χ1v) is 8.14. The maximum atomic E-state index is 12.0. The quantitative estimate of drug-likeness (QED) is 0.839. The summed E-state index contributed by atoms with van der Waals surface area (Å²) in [5.74, 6) is 0.514. The van der Waals surface area contributed by atoms with Crippen molar-refractivity contribution < 1.29 is 13.2 Å². The van der Waals surface area contributed by atoms with Crippen molar-refractivity contribution in [3.05, 3.63) is 23.9 Å². The molecule has 1 N–H and O–H groups in total. The minimum Gasteiger partial charge on any atom is -0.379 e. The van der Waals surface area contributed by atoms with Gasteiger partial charge in [-0.05, 0) is 12.1 Å². The number of rotatable bonds is 5. The monoisotopic (exact) mass is 310 g/mol. The van der Waals surface area contributed by atoms with Crippen molar-refractivity contribution in [2.45, 2.75) is 6.04 Å². The zero-order valence-corrected chi connectivity index (χ0v) is 12.8. The number of hydrogen-bond acceptors (Lipinski definition) is 6. The van der Waals surface area contributed by atoms with Crippen LogP contribution in [0, 0.1) is 17.2 Å². The molecule has 0 aliphatic carbocycles. The Morgan fingerprint density at radius 2 is 2.24 bits per heavy atom. The first-order valence-electron chi connectivity index (χ1n) is 6.53. The van der Waals surface area contributed by atoms with Crippen LogP contribution < -0.4 is 5.32 Å². The average Bonchev–Trinajstić information content (AvgIpc) is 2.86. The Balaban J connectivity index is 2.03. The fourth-order valence-electron chi connectivity index (χ4n) is 2.08. The summed E-state index contributed by atoms with van der Waals surface area (Å²) in [6, 6.07) is 5.26. The van der Waals surface area contributed by atoms with Gasteiger partial charge in [-0.3, -0.25) is 0 Å². The van der Waals surface area contributed by atoms with Gasteiger partial charge in [-0.1, -0.05) is 0 Å². The minimum atomic E-state index is -3.27. The maximum absolute atomic E-state index is 12.0. The number of sulfonamides is 1. The van der Waals surface area contributed by atoms with Crippen LogP contribution in [0.4, 0.5) is 5.82 Å². The van der Waals surface area contributed by atoms with E-state index in [4.69, 9.17) is 10.00 Å². The third-order valence-corrected chi connectivity index (χ3v) is 5.37. The molecule has 1 aliphatic rings. The molecule has 114 valence electrons. The van der Waals surface area contributed by atoms with E-state index in [1.165, 1.54) is 24.6 Å². The SMILES string of the molecule is CN(C)S(=O)(=O)C[C@@H]1COC[C@@H]1Nc1ccc(C#N)cn1. The van der Waals surface area contributed by atoms with E-state index < -0.39 is 10.0 Å². The summed E-state index contributed by atoms with van der Waals surface area (Å²) in [5.41, 5.74) is 0.481. The van der Waals surface area contributed by atoms with Gasteiger partial charge in [0.15, 0.2) is 0 Å². The lowest BCUT2D eigenvalue weighted by Gasteiger charge is -2.21. The Kier molecular flexibility index (Phi) is 4.77. The van der Waals surface area contributed by atoms with Crippen LogP contribution in [-0.4, -0.2) is 56.8 Å².